The molecule has 0 aliphatic rings. The Morgan fingerprint density at radius 2 is 1.79 bits per heavy atom. The van der Waals surface area contributed by atoms with Gasteiger partial charge in [-0.1, -0.05) is 23.7 Å². The SMILES string of the molecule is CP(C)(=O)c1ccccc1Nc1nc(Nc2cccn3ccnc23)ncc1Cl. The zero-order valence-electron chi connectivity index (χ0n) is 15.3. The van der Waals surface area contributed by atoms with Crippen molar-refractivity contribution in [3.05, 3.63) is 66.2 Å². The minimum absolute atomic E-state index is 0.362. The van der Waals surface area contributed by atoms with Crippen LogP contribution in [-0.2, 0) is 4.57 Å². The number of aromatic nitrogens is 4. The van der Waals surface area contributed by atoms with Crippen LogP contribution in [0.3, 0.4) is 0 Å². The summed E-state index contributed by atoms with van der Waals surface area (Å²) in [6.07, 6.45) is 7.01. The highest BCUT2D eigenvalue weighted by molar-refractivity contribution is 7.70. The molecule has 0 bridgehead atoms. The zero-order valence-corrected chi connectivity index (χ0v) is 16.9. The lowest BCUT2D eigenvalue weighted by molar-refractivity contribution is 0.588. The molecule has 0 unspecified atom stereocenters. The van der Waals surface area contributed by atoms with Crippen LogP contribution < -0.4 is 15.9 Å². The van der Waals surface area contributed by atoms with Gasteiger partial charge in [-0.3, -0.25) is 0 Å². The third kappa shape index (κ3) is 3.72. The number of para-hydroxylation sites is 1. The van der Waals surface area contributed by atoms with E-state index in [9.17, 15) is 4.57 Å². The van der Waals surface area contributed by atoms with Gasteiger partial charge < -0.3 is 19.6 Å². The van der Waals surface area contributed by atoms with Crippen LogP contribution >= 0.6 is 18.7 Å². The summed E-state index contributed by atoms with van der Waals surface area (Å²) in [5.74, 6) is 0.798. The molecule has 9 heteroatoms. The molecule has 1 aromatic carbocycles. The van der Waals surface area contributed by atoms with E-state index in [-0.39, 0.29) is 0 Å². The van der Waals surface area contributed by atoms with Gasteiger partial charge in [0.2, 0.25) is 5.95 Å². The fourth-order valence-electron chi connectivity index (χ4n) is 2.86. The number of nitrogens with zero attached hydrogens (tertiary/aromatic N) is 4. The van der Waals surface area contributed by atoms with Crippen LogP contribution in [0, 0.1) is 0 Å². The van der Waals surface area contributed by atoms with E-state index in [1.165, 1.54) is 6.20 Å². The van der Waals surface area contributed by atoms with E-state index in [1.54, 1.807) is 19.5 Å². The largest absolute Gasteiger partial charge is 0.338 e. The second-order valence-electron chi connectivity index (χ2n) is 6.59. The number of fused-ring (bicyclic) bond motifs is 1. The van der Waals surface area contributed by atoms with Crippen molar-refractivity contribution in [2.24, 2.45) is 0 Å². The number of benzene rings is 1. The van der Waals surface area contributed by atoms with Crippen LogP contribution in [0.4, 0.5) is 23.1 Å². The number of hydrogen-bond donors (Lipinski definition) is 2. The Morgan fingerprint density at radius 1 is 1.00 bits per heavy atom. The van der Waals surface area contributed by atoms with Crippen molar-refractivity contribution in [2.45, 2.75) is 0 Å². The van der Waals surface area contributed by atoms with Crippen molar-refractivity contribution in [3.8, 4) is 0 Å². The monoisotopic (exact) mass is 412 g/mol. The number of anilines is 4. The van der Waals surface area contributed by atoms with E-state index in [4.69, 9.17) is 11.6 Å². The molecule has 7 nitrogen and oxygen atoms in total. The van der Waals surface area contributed by atoms with Gasteiger partial charge in [0.1, 0.15) is 12.2 Å². The lowest BCUT2D eigenvalue weighted by atomic mass is 10.3. The van der Waals surface area contributed by atoms with Gasteiger partial charge in [-0.05, 0) is 37.6 Å². The summed E-state index contributed by atoms with van der Waals surface area (Å²) in [6, 6.07) is 11.2. The Morgan fingerprint density at radius 3 is 2.61 bits per heavy atom. The molecular weight excluding hydrogens is 395 g/mol. The summed E-state index contributed by atoms with van der Waals surface area (Å²) in [5.41, 5.74) is 2.24. The van der Waals surface area contributed by atoms with Crippen LogP contribution in [-0.4, -0.2) is 32.7 Å². The van der Waals surface area contributed by atoms with Crippen LogP contribution in [0.2, 0.25) is 5.02 Å². The molecule has 4 rings (SSSR count). The lowest BCUT2D eigenvalue weighted by Crippen LogP contribution is -2.11. The number of nitrogens with one attached hydrogen (secondary N) is 2. The quantitative estimate of drug-likeness (QED) is 0.469. The van der Waals surface area contributed by atoms with Crippen molar-refractivity contribution < 1.29 is 4.57 Å². The summed E-state index contributed by atoms with van der Waals surface area (Å²) < 4.78 is 14.5. The Labute approximate surface area is 167 Å². The molecule has 142 valence electrons. The molecule has 0 saturated heterocycles. The number of imidazole rings is 1. The van der Waals surface area contributed by atoms with Gasteiger partial charge in [-0.25, -0.2) is 9.97 Å². The molecule has 2 N–H and O–H groups in total. The topological polar surface area (TPSA) is 84.2 Å². The second-order valence-corrected chi connectivity index (χ2v) is 10.2. The van der Waals surface area contributed by atoms with Gasteiger partial charge in [0, 0.05) is 23.9 Å². The first-order valence-corrected chi connectivity index (χ1v) is 11.5. The molecule has 3 aromatic heterocycles. The third-order valence-electron chi connectivity index (χ3n) is 4.15. The molecule has 0 aliphatic carbocycles. The normalized spacial score (nSPS) is 11.5. The second kappa shape index (κ2) is 7.26. The highest BCUT2D eigenvalue weighted by atomic mass is 35.5. The molecule has 0 atom stereocenters. The number of hydrogen-bond acceptors (Lipinski definition) is 6. The third-order valence-corrected chi connectivity index (χ3v) is 5.97. The Bertz CT molecular complexity index is 1200. The zero-order chi connectivity index (χ0) is 19.7. The Hall–Kier alpha value is -2.89. The number of rotatable bonds is 5. The molecule has 3 heterocycles. The molecule has 0 radical (unpaired) electrons. The smallest absolute Gasteiger partial charge is 0.229 e. The highest BCUT2D eigenvalue weighted by Crippen LogP contribution is 2.38. The maximum Gasteiger partial charge on any atom is 0.229 e. The Balaban J connectivity index is 1.67. The minimum atomic E-state index is -2.47. The fraction of sp³-hybridized carbons (Fsp3) is 0.105. The molecule has 0 aliphatic heterocycles. The summed E-state index contributed by atoms with van der Waals surface area (Å²) in [6.45, 7) is 3.46. The van der Waals surface area contributed by atoms with Gasteiger partial charge in [0.05, 0.1) is 17.6 Å². The van der Waals surface area contributed by atoms with Crippen molar-refractivity contribution in [2.75, 3.05) is 24.0 Å². The van der Waals surface area contributed by atoms with E-state index >= 15 is 0 Å². The summed E-state index contributed by atoms with van der Waals surface area (Å²) in [5, 5.41) is 7.46. The molecule has 28 heavy (non-hydrogen) atoms. The van der Waals surface area contributed by atoms with E-state index in [2.05, 4.69) is 25.6 Å². The van der Waals surface area contributed by atoms with E-state index < -0.39 is 7.14 Å². The van der Waals surface area contributed by atoms with Crippen LogP contribution in [0.1, 0.15) is 0 Å². The molecule has 0 fully saturated rings. The predicted octanol–water partition coefficient (Wildman–Crippen LogP) is 4.51. The minimum Gasteiger partial charge on any atom is -0.338 e. The standard InChI is InChI=1S/C19H18ClN6OP/c1-28(2,27)16-8-4-3-6-14(16)23-17-13(20)12-22-19(25-17)24-15-7-5-10-26-11-9-21-18(15)26/h3-12H,1-2H3,(H2,22,23,24,25). The Kier molecular flexibility index (Phi) is 4.79. The van der Waals surface area contributed by atoms with Gasteiger partial charge in [-0.15, -0.1) is 0 Å². The molecule has 4 aromatic rings. The van der Waals surface area contributed by atoms with Crippen LogP contribution in [0.5, 0.6) is 0 Å². The summed E-state index contributed by atoms with van der Waals surface area (Å²) in [4.78, 5) is 13.1. The van der Waals surface area contributed by atoms with E-state index in [0.29, 0.717) is 22.5 Å². The first-order chi connectivity index (χ1) is 13.4. The van der Waals surface area contributed by atoms with Gasteiger partial charge >= 0.3 is 0 Å². The first kappa shape index (κ1) is 18.5. The average Bonchev–Trinajstić information content (AvgIpc) is 3.14. The maximum atomic E-state index is 12.6. The van der Waals surface area contributed by atoms with Gasteiger partial charge in [0.15, 0.2) is 11.5 Å². The van der Waals surface area contributed by atoms with Crippen molar-refractivity contribution in [1.29, 1.82) is 0 Å². The highest BCUT2D eigenvalue weighted by Gasteiger charge is 2.17. The average molecular weight is 413 g/mol. The van der Waals surface area contributed by atoms with Crippen molar-refractivity contribution >= 4 is 52.8 Å². The lowest BCUT2D eigenvalue weighted by Gasteiger charge is -2.15. The predicted molar refractivity (Wildman–Crippen MR) is 114 cm³/mol. The van der Waals surface area contributed by atoms with E-state index in [0.717, 1.165) is 16.6 Å². The van der Waals surface area contributed by atoms with Crippen molar-refractivity contribution in [3.63, 3.8) is 0 Å². The molecule has 0 saturated carbocycles. The number of pyridine rings is 1. The maximum absolute atomic E-state index is 12.6. The first-order valence-electron chi connectivity index (χ1n) is 8.55. The number of halogens is 1. The van der Waals surface area contributed by atoms with E-state index in [1.807, 2.05) is 53.2 Å². The van der Waals surface area contributed by atoms with Gasteiger partial charge in [0.25, 0.3) is 0 Å². The van der Waals surface area contributed by atoms with Crippen LogP contribution in [0.15, 0.2) is 61.2 Å². The molecule has 0 amide bonds. The van der Waals surface area contributed by atoms with Crippen LogP contribution in [0.25, 0.3) is 5.65 Å². The summed E-state index contributed by atoms with van der Waals surface area (Å²) in [7, 11) is -2.47. The van der Waals surface area contributed by atoms with Gasteiger partial charge in [-0.2, -0.15) is 4.98 Å². The molecule has 0 spiro atoms. The molecular formula is C19H18ClN6OP. The summed E-state index contributed by atoms with van der Waals surface area (Å²) >= 11 is 6.29. The van der Waals surface area contributed by atoms with Crippen molar-refractivity contribution in [1.82, 2.24) is 19.4 Å². The fourth-order valence-corrected chi connectivity index (χ4v) is 4.15.